The Labute approximate surface area is 101 Å². The lowest BCUT2D eigenvalue weighted by molar-refractivity contribution is -0.697. The van der Waals surface area contributed by atoms with Crippen LogP contribution < -0.4 is 22.7 Å². The minimum absolute atomic E-state index is 0. The van der Waals surface area contributed by atoms with Gasteiger partial charge in [0.1, 0.15) is 12.6 Å². The first-order valence-electron chi connectivity index (χ1n) is 5.12. The van der Waals surface area contributed by atoms with Crippen molar-refractivity contribution in [3.8, 4) is 0 Å². The van der Waals surface area contributed by atoms with Crippen LogP contribution in [0.25, 0.3) is 0 Å². The van der Waals surface area contributed by atoms with Crippen LogP contribution in [-0.2, 0) is 11.3 Å². The van der Waals surface area contributed by atoms with E-state index >= 15 is 0 Å². The van der Waals surface area contributed by atoms with Crippen LogP contribution in [0.3, 0.4) is 0 Å². The summed E-state index contributed by atoms with van der Waals surface area (Å²) in [5, 5.41) is 8.57. The number of aromatic nitrogens is 1. The van der Waals surface area contributed by atoms with Crippen LogP contribution in [0.15, 0.2) is 30.6 Å². The van der Waals surface area contributed by atoms with Gasteiger partial charge in [-0.25, -0.2) is 4.57 Å². The summed E-state index contributed by atoms with van der Waals surface area (Å²) in [5.74, 6) is -0.914. The van der Waals surface area contributed by atoms with Crippen LogP contribution >= 0.6 is 0 Å². The van der Waals surface area contributed by atoms with Gasteiger partial charge in [0.25, 0.3) is 0 Å². The van der Waals surface area contributed by atoms with Crippen molar-refractivity contribution >= 4 is 5.97 Å². The molecule has 0 aliphatic carbocycles. The second-order valence-corrected chi connectivity index (χ2v) is 3.55. The van der Waals surface area contributed by atoms with Crippen LogP contribution in [-0.4, -0.2) is 17.1 Å². The molecule has 0 radical (unpaired) electrons. The summed E-state index contributed by atoms with van der Waals surface area (Å²) < 4.78 is 2.08. The summed E-state index contributed by atoms with van der Waals surface area (Å²) in [6.07, 6.45) is 6.34. The maximum atomic E-state index is 10.4. The number of hydrogen-bond donors (Lipinski definition) is 2. The van der Waals surface area contributed by atoms with Gasteiger partial charge >= 0.3 is 5.97 Å². The van der Waals surface area contributed by atoms with Crippen molar-refractivity contribution in [3.05, 3.63) is 30.6 Å². The second kappa shape index (κ2) is 8.07. The van der Waals surface area contributed by atoms with Gasteiger partial charge in [0.05, 0.1) is 0 Å². The van der Waals surface area contributed by atoms with Crippen molar-refractivity contribution in [2.24, 2.45) is 5.73 Å². The highest BCUT2D eigenvalue weighted by atomic mass is 35.5. The third-order valence-corrected chi connectivity index (χ3v) is 2.28. The number of unbranched alkanes of at least 4 members (excludes halogenated alkanes) is 1. The predicted octanol–water partition coefficient (Wildman–Crippen LogP) is -2.44. The minimum atomic E-state index is -0.914. The minimum Gasteiger partial charge on any atom is -1.00 e. The molecule has 1 atom stereocenters. The fourth-order valence-electron chi connectivity index (χ4n) is 1.37. The molecular weight excluding hydrogens is 228 g/mol. The zero-order valence-corrected chi connectivity index (χ0v) is 9.81. The Hall–Kier alpha value is -1.13. The highest BCUT2D eigenvalue weighted by Gasteiger charge is 2.10. The predicted molar refractivity (Wildman–Crippen MR) is 56.1 cm³/mol. The lowest BCUT2D eigenvalue weighted by Gasteiger charge is -2.04. The molecule has 1 rings (SSSR count). The van der Waals surface area contributed by atoms with Gasteiger partial charge in [-0.15, -0.1) is 0 Å². The second-order valence-electron chi connectivity index (χ2n) is 3.55. The quantitative estimate of drug-likeness (QED) is 0.432. The van der Waals surface area contributed by atoms with Gasteiger partial charge in [-0.1, -0.05) is 6.07 Å². The number of aryl methyl sites for hydroxylation is 1. The molecule has 16 heavy (non-hydrogen) atoms. The maximum Gasteiger partial charge on any atom is 0.320 e. The zero-order valence-electron chi connectivity index (χ0n) is 9.05. The van der Waals surface area contributed by atoms with Crippen molar-refractivity contribution in [1.82, 2.24) is 0 Å². The normalized spacial score (nSPS) is 11.6. The van der Waals surface area contributed by atoms with E-state index in [1.165, 1.54) is 0 Å². The number of nitrogens with two attached hydrogens (primary N) is 1. The molecule has 0 aliphatic rings. The lowest BCUT2D eigenvalue weighted by atomic mass is 10.1. The van der Waals surface area contributed by atoms with Gasteiger partial charge in [-0.3, -0.25) is 4.79 Å². The first-order chi connectivity index (χ1) is 7.20. The fourth-order valence-corrected chi connectivity index (χ4v) is 1.37. The summed E-state index contributed by atoms with van der Waals surface area (Å²) in [5.41, 5.74) is 5.39. The van der Waals surface area contributed by atoms with Crippen LogP contribution in [0, 0.1) is 0 Å². The molecule has 0 aromatic carbocycles. The van der Waals surface area contributed by atoms with Crippen LogP contribution in [0.1, 0.15) is 19.3 Å². The number of nitrogens with zero attached hydrogens (tertiary/aromatic N) is 1. The summed E-state index contributed by atoms with van der Waals surface area (Å²) in [6, 6.07) is 5.20. The largest absolute Gasteiger partial charge is 1.00 e. The molecule has 0 amide bonds. The van der Waals surface area contributed by atoms with Crippen molar-refractivity contribution < 1.29 is 26.9 Å². The smallest absolute Gasteiger partial charge is 0.320 e. The molecule has 90 valence electrons. The standard InChI is InChI=1S/C11H16N2O2.ClH/c12-10(11(14)15)6-2-5-9-13-7-3-1-4-8-13;/h1,3-4,7-8,10H,2,5-6,9,12H2;1H. The number of rotatable bonds is 6. The molecule has 4 nitrogen and oxygen atoms in total. The molecule has 5 heteroatoms. The highest BCUT2D eigenvalue weighted by Crippen LogP contribution is 1.99. The molecule has 0 spiro atoms. The molecule has 1 aromatic rings. The van der Waals surface area contributed by atoms with Gasteiger partial charge in [0, 0.05) is 18.6 Å². The van der Waals surface area contributed by atoms with E-state index in [0.29, 0.717) is 6.42 Å². The molecule has 0 bridgehead atoms. The highest BCUT2D eigenvalue weighted by molar-refractivity contribution is 5.72. The average Bonchev–Trinajstić information content (AvgIpc) is 2.25. The topological polar surface area (TPSA) is 67.2 Å². The molecule has 3 N–H and O–H groups in total. The van der Waals surface area contributed by atoms with E-state index in [0.717, 1.165) is 19.4 Å². The Morgan fingerprint density at radius 3 is 2.44 bits per heavy atom. The van der Waals surface area contributed by atoms with Gasteiger partial charge in [0.2, 0.25) is 0 Å². The molecule has 1 unspecified atom stereocenters. The number of hydrogen-bond acceptors (Lipinski definition) is 2. The van der Waals surface area contributed by atoms with E-state index in [-0.39, 0.29) is 12.4 Å². The van der Waals surface area contributed by atoms with Crippen LogP contribution in [0.4, 0.5) is 0 Å². The van der Waals surface area contributed by atoms with E-state index in [1.54, 1.807) is 0 Å². The summed E-state index contributed by atoms with van der Waals surface area (Å²) >= 11 is 0. The number of carboxylic acid groups (broad SMARTS) is 1. The van der Waals surface area contributed by atoms with E-state index in [4.69, 9.17) is 10.8 Å². The first-order valence-corrected chi connectivity index (χ1v) is 5.12. The van der Waals surface area contributed by atoms with E-state index < -0.39 is 12.0 Å². The summed E-state index contributed by atoms with van der Waals surface area (Å²) in [4.78, 5) is 10.4. The molecule has 0 fully saturated rings. The number of carboxylic acids is 1. The maximum absolute atomic E-state index is 10.4. The number of aliphatic carboxylic acids is 1. The first kappa shape index (κ1) is 14.9. The average molecular weight is 245 g/mol. The Morgan fingerprint density at radius 1 is 1.25 bits per heavy atom. The van der Waals surface area contributed by atoms with Crippen molar-refractivity contribution in [2.45, 2.75) is 31.8 Å². The van der Waals surface area contributed by atoms with Gasteiger partial charge in [0.15, 0.2) is 12.4 Å². The van der Waals surface area contributed by atoms with Crippen LogP contribution in [0.5, 0.6) is 0 Å². The number of halogens is 1. The van der Waals surface area contributed by atoms with Crippen molar-refractivity contribution in [2.75, 3.05) is 0 Å². The van der Waals surface area contributed by atoms with E-state index in [9.17, 15) is 4.79 Å². The zero-order chi connectivity index (χ0) is 11.1. The fraction of sp³-hybridized carbons (Fsp3) is 0.455. The molecule has 0 saturated heterocycles. The van der Waals surface area contributed by atoms with Crippen molar-refractivity contribution in [1.29, 1.82) is 0 Å². The van der Waals surface area contributed by atoms with Gasteiger partial charge in [-0.2, -0.15) is 0 Å². The lowest BCUT2D eigenvalue weighted by Crippen LogP contribution is -3.00. The van der Waals surface area contributed by atoms with E-state index in [2.05, 4.69) is 4.57 Å². The molecule has 1 heterocycles. The summed E-state index contributed by atoms with van der Waals surface area (Å²) in [7, 11) is 0. The van der Waals surface area contributed by atoms with Gasteiger partial charge < -0.3 is 23.2 Å². The van der Waals surface area contributed by atoms with Crippen molar-refractivity contribution in [3.63, 3.8) is 0 Å². The SMILES string of the molecule is NC(CCCC[n+]1ccccc1)C(=O)O.[Cl-]. The third kappa shape index (κ3) is 5.68. The number of pyridine rings is 1. The Morgan fingerprint density at radius 2 is 1.88 bits per heavy atom. The Balaban J connectivity index is 0.00000225. The molecule has 1 aromatic heterocycles. The van der Waals surface area contributed by atoms with Gasteiger partial charge in [-0.05, 0) is 12.8 Å². The summed E-state index contributed by atoms with van der Waals surface area (Å²) in [6.45, 7) is 0.910. The monoisotopic (exact) mass is 244 g/mol. The molecule has 0 aliphatic heterocycles. The third-order valence-electron chi connectivity index (χ3n) is 2.28. The van der Waals surface area contributed by atoms with Crippen LogP contribution in [0.2, 0.25) is 0 Å². The molecule has 0 saturated carbocycles. The number of carbonyl (C=O) groups is 1. The molecular formula is C11H17ClN2O2. The van der Waals surface area contributed by atoms with E-state index in [1.807, 2.05) is 30.6 Å². The Kier molecular flexibility index (Phi) is 7.50. The Bertz CT molecular complexity index is 306.